The number of hydrogen-bond donors (Lipinski definition) is 1. The highest BCUT2D eigenvalue weighted by atomic mass is 16.3. The molecule has 2 aliphatic rings. The lowest BCUT2D eigenvalue weighted by Gasteiger charge is -2.43. The fourth-order valence-electron chi connectivity index (χ4n) is 4.71. The van der Waals surface area contributed by atoms with Crippen LogP contribution < -0.4 is 4.90 Å². The quantitative estimate of drug-likeness (QED) is 0.635. The molecule has 10 nitrogen and oxygen atoms in total. The van der Waals surface area contributed by atoms with E-state index in [4.69, 9.17) is 4.98 Å². The molecular weight excluding hydrogens is 434 g/mol. The first-order chi connectivity index (χ1) is 16.3. The van der Waals surface area contributed by atoms with Gasteiger partial charge in [-0.15, -0.1) is 0 Å². The summed E-state index contributed by atoms with van der Waals surface area (Å²) in [5.41, 5.74) is 4.59. The molecule has 0 aromatic carbocycles. The SMILES string of the molecule is Cc1ncc(-c2ccc3ncc4c(c3n2)N(C2CCN(C(=O)[C@H](C)O)CC2)C(=O)N(C)C4)cn1. The van der Waals surface area contributed by atoms with Crippen molar-refractivity contribution in [1.29, 1.82) is 0 Å². The van der Waals surface area contributed by atoms with Crippen molar-refractivity contribution in [1.82, 2.24) is 29.7 Å². The molecule has 34 heavy (non-hydrogen) atoms. The molecule has 176 valence electrons. The number of rotatable bonds is 3. The monoisotopic (exact) mass is 461 g/mol. The van der Waals surface area contributed by atoms with Crippen LogP contribution >= 0.6 is 0 Å². The number of aliphatic hydroxyl groups excluding tert-OH is 1. The Hall–Kier alpha value is -3.66. The normalized spacial score (nSPS) is 17.8. The molecule has 0 bridgehead atoms. The number of urea groups is 1. The third-order valence-corrected chi connectivity index (χ3v) is 6.52. The minimum absolute atomic E-state index is 0.0915. The van der Waals surface area contributed by atoms with Gasteiger partial charge in [0, 0.05) is 55.9 Å². The van der Waals surface area contributed by atoms with Gasteiger partial charge in [0.05, 0.1) is 23.4 Å². The van der Waals surface area contributed by atoms with Crippen molar-refractivity contribution < 1.29 is 14.7 Å². The van der Waals surface area contributed by atoms with Crippen LogP contribution in [0.5, 0.6) is 0 Å². The number of pyridine rings is 2. The Morgan fingerprint density at radius 1 is 1.12 bits per heavy atom. The van der Waals surface area contributed by atoms with E-state index in [-0.39, 0.29) is 18.0 Å². The summed E-state index contributed by atoms with van der Waals surface area (Å²) in [6, 6.07) is 3.61. The van der Waals surface area contributed by atoms with Gasteiger partial charge in [0.15, 0.2) is 0 Å². The second-order valence-corrected chi connectivity index (χ2v) is 8.96. The number of aromatic nitrogens is 4. The summed E-state index contributed by atoms with van der Waals surface area (Å²) < 4.78 is 0. The predicted molar refractivity (Wildman–Crippen MR) is 126 cm³/mol. The smallest absolute Gasteiger partial charge is 0.324 e. The van der Waals surface area contributed by atoms with E-state index in [9.17, 15) is 14.7 Å². The Bertz CT molecular complexity index is 1250. The molecule has 0 spiro atoms. The molecule has 0 aliphatic carbocycles. The number of amides is 3. The number of piperidine rings is 1. The van der Waals surface area contributed by atoms with Gasteiger partial charge in [0.2, 0.25) is 0 Å². The van der Waals surface area contributed by atoms with Crippen molar-refractivity contribution in [2.24, 2.45) is 0 Å². The van der Waals surface area contributed by atoms with Crippen molar-refractivity contribution in [2.75, 3.05) is 25.0 Å². The highest BCUT2D eigenvalue weighted by Gasteiger charge is 2.38. The van der Waals surface area contributed by atoms with Crippen LogP contribution in [-0.4, -0.2) is 79.1 Å². The topological polar surface area (TPSA) is 116 Å². The van der Waals surface area contributed by atoms with Crippen molar-refractivity contribution in [3.05, 3.63) is 42.1 Å². The number of anilines is 1. The zero-order valence-corrected chi connectivity index (χ0v) is 19.5. The maximum atomic E-state index is 13.4. The summed E-state index contributed by atoms with van der Waals surface area (Å²) >= 11 is 0. The summed E-state index contributed by atoms with van der Waals surface area (Å²) in [4.78, 5) is 48.9. The lowest BCUT2D eigenvalue weighted by molar-refractivity contribution is -0.140. The molecule has 0 unspecified atom stereocenters. The van der Waals surface area contributed by atoms with Gasteiger partial charge in [-0.1, -0.05) is 0 Å². The van der Waals surface area contributed by atoms with Gasteiger partial charge >= 0.3 is 6.03 Å². The van der Waals surface area contributed by atoms with Gasteiger partial charge in [-0.2, -0.15) is 0 Å². The Labute approximate surface area is 197 Å². The number of fused-ring (bicyclic) bond motifs is 3. The summed E-state index contributed by atoms with van der Waals surface area (Å²) in [7, 11) is 1.78. The third kappa shape index (κ3) is 3.83. The Kier molecular flexibility index (Phi) is 5.60. The molecule has 1 N–H and O–H groups in total. The summed E-state index contributed by atoms with van der Waals surface area (Å²) in [5, 5.41) is 9.66. The highest BCUT2D eigenvalue weighted by Crippen LogP contribution is 2.37. The third-order valence-electron chi connectivity index (χ3n) is 6.52. The maximum absolute atomic E-state index is 13.4. The zero-order chi connectivity index (χ0) is 24.0. The Morgan fingerprint density at radius 3 is 2.50 bits per heavy atom. The molecule has 3 aromatic rings. The average Bonchev–Trinajstić information content (AvgIpc) is 2.84. The first-order valence-electron chi connectivity index (χ1n) is 11.4. The van der Waals surface area contributed by atoms with Crippen molar-refractivity contribution in [3.63, 3.8) is 0 Å². The van der Waals surface area contributed by atoms with Crippen LogP contribution in [0.3, 0.4) is 0 Å². The zero-order valence-electron chi connectivity index (χ0n) is 19.5. The lowest BCUT2D eigenvalue weighted by Crippen LogP contribution is -2.55. The number of carbonyl (C=O) groups is 2. The molecule has 1 saturated heterocycles. The number of aliphatic hydroxyl groups is 1. The minimum atomic E-state index is -1.02. The van der Waals surface area contributed by atoms with Crippen LogP contribution in [-0.2, 0) is 11.3 Å². The first-order valence-corrected chi connectivity index (χ1v) is 11.4. The van der Waals surface area contributed by atoms with Gasteiger partial charge < -0.3 is 14.9 Å². The van der Waals surface area contributed by atoms with E-state index in [1.54, 1.807) is 29.2 Å². The molecule has 10 heteroatoms. The van der Waals surface area contributed by atoms with Crippen molar-refractivity contribution in [3.8, 4) is 11.3 Å². The predicted octanol–water partition coefficient (Wildman–Crippen LogP) is 2.14. The van der Waals surface area contributed by atoms with Crippen LogP contribution in [0.2, 0.25) is 0 Å². The summed E-state index contributed by atoms with van der Waals surface area (Å²) in [6.45, 7) is 4.74. The molecule has 0 radical (unpaired) electrons. The molecule has 1 atom stereocenters. The minimum Gasteiger partial charge on any atom is -0.384 e. The van der Waals surface area contributed by atoms with Crippen LogP contribution in [0.25, 0.3) is 22.3 Å². The molecule has 3 aromatic heterocycles. The number of aryl methyl sites for hydroxylation is 1. The molecule has 5 heterocycles. The molecule has 5 rings (SSSR count). The average molecular weight is 462 g/mol. The van der Waals surface area contributed by atoms with E-state index in [0.717, 1.165) is 16.8 Å². The maximum Gasteiger partial charge on any atom is 0.324 e. The first kappa shape index (κ1) is 22.1. The summed E-state index contributed by atoms with van der Waals surface area (Å²) in [5.74, 6) is 0.408. The molecular formula is C24H27N7O3. The molecule has 0 saturated carbocycles. The molecule has 1 fully saturated rings. The van der Waals surface area contributed by atoms with Crippen molar-refractivity contribution >= 4 is 28.7 Å². The van der Waals surface area contributed by atoms with E-state index in [1.165, 1.54) is 6.92 Å². The molecule has 3 amide bonds. The van der Waals surface area contributed by atoms with Gasteiger partial charge in [-0.3, -0.25) is 14.7 Å². The highest BCUT2D eigenvalue weighted by molar-refractivity contribution is 6.04. The number of nitrogens with zero attached hydrogens (tertiary/aromatic N) is 7. The number of carbonyl (C=O) groups excluding carboxylic acids is 2. The van der Waals surface area contributed by atoms with Crippen LogP contribution in [0.1, 0.15) is 31.2 Å². The standard InChI is InChI=1S/C24H27N7O3/c1-14(32)23(33)30-8-6-18(7-9-30)31-22-17(13-29(3)24(31)34)12-27-20-5-4-19(28-21(20)22)16-10-25-15(2)26-11-16/h4-5,10-12,14,18,32H,6-9,13H2,1-3H3/t14-/m0/s1. The number of likely N-dealkylation sites (tertiary alicyclic amines) is 1. The van der Waals surface area contributed by atoms with E-state index in [0.29, 0.717) is 55.0 Å². The van der Waals surface area contributed by atoms with Crippen LogP contribution in [0.15, 0.2) is 30.7 Å². The van der Waals surface area contributed by atoms with Crippen molar-refractivity contribution in [2.45, 2.75) is 45.4 Å². The second kappa shape index (κ2) is 8.60. The van der Waals surface area contributed by atoms with E-state index >= 15 is 0 Å². The van der Waals surface area contributed by atoms with E-state index in [1.807, 2.05) is 30.2 Å². The fraction of sp³-hybridized carbons (Fsp3) is 0.417. The van der Waals surface area contributed by atoms with E-state index < -0.39 is 6.10 Å². The van der Waals surface area contributed by atoms with Gasteiger partial charge in [-0.25, -0.2) is 19.7 Å². The number of hydrogen-bond acceptors (Lipinski definition) is 7. The Morgan fingerprint density at radius 2 is 1.82 bits per heavy atom. The Balaban J connectivity index is 1.56. The molecule has 2 aliphatic heterocycles. The largest absolute Gasteiger partial charge is 0.384 e. The van der Waals surface area contributed by atoms with Gasteiger partial charge in [-0.05, 0) is 38.8 Å². The van der Waals surface area contributed by atoms with Crippen LogP contribution in [0.4, 0.5) is 10.5 Å². The van der Waals surface area contributed by atoms with Crippen LogP contribution in [0, 0.1) is 6.92 Å². The van der Waals surface area contributed by atoms with E-state index in [2.05, 4.69) is 15.0 Å². The fourth-order valence-corrected chi connectivity index (χ4v) is 4.71. The summed E-state index contributed by atoms with van der Waals surface area (Å²) in [6.07, 6.45) is 5.51. The second-order valence-electron chi connectivity index (χ2n) is 8.96. The van der Waals surface area contributed by atoms with Gasteiger partial charge in [0.25, 0.3) is 5.91 Å². The van der Waals surface area contributed by atoms with Gasteiger partial charge in [0.1, 0.15) is 17.4 Å². The lowest BCUT2D eigenvalue weighted by atomic mass is 9.99.